The van der Waals surface area contributed by atoms with Crippen molar-refractivity contribution in [3.8, 4) is 0 Å². The van der Waals surface area contributed by atoms with Gasteiger partial charge < -0.3 is 10.2 Å². The largest absolute Gasteiger partial charge is 0.331 e. The highest BCUT2D eigenvalue weighted by molar-refractivity contribution is 6.10. The highest BCUT2D eigenvalue weighted by atomic mass is 19.1. The van der Waals surface area contributed by atoms with Gasteiger partial charge in [0.25, 0.3) is 11.5 Å². The molecule has 2 fully saturated rings. The highest BCUT2D eigenvalue weighted by Crippen LogP contribution is 2.30. The van der Waals surface area contributed by atoms with E-state index >= 15 is 4.39 Å². The van der Waals surface area contributed by atoms with Crippen molar-refractivity contribution in [2.45, 2.75) is 64.6 Å². The Morgan fingerprint density at radius 3 is 2.56 bits per heavy atom. The number of aromatic nitrogens is 2. The molecule has 2 aromatic carbocycles. The molecule has 1 aromatic heterocycles. The van der Waals surface area contributed by atoms with Crippen LogP contribution >= 0.6 is 0 Å². The minimum Gasteiger partial charge on any atom is -0.322 e. The van der Waals surface area contributed by atoms with Crippen LogP contribution in [-0.2, 0) is 17.8 Å². The Labute approximate surface area is 235 Å². The van der Waals surface area contributed by atoms with Crippen LogP contribution in [0.1, 0.15) is 61.5 Å². The lowest BCUT2D eigenvalue weighted by molar-refractivity contribution is -0.131. The van der Waals surface area contributed by atoms with Gasteiger partial charge in [-0.1, -0.05) is 18.2 Å². The Balaban J connectivity index is 1.27. The second kappa shape index (κ2) is 10.3. The van der Waals surface area contributed by atoms with Crippen LogP contribution in [0.2, 0.25) is 0 Å². The summed E-state index contributed by atoms with van der Waals surface area (Å²) in [5.41, 5.74) is 0.203. The van der Waals surface area contributed by atoms with Crippen molar-refractivity contribution >= 4 is 34.4 Å². The third kappa shape index (κ3) is 4.83. The van der Waals surface area contributed by atoms with Crippen molar-refractivity contribution in [1.82, 2.24) is 18.9 Å². The van der Waals surface area contributed by atoms with Crippen molar-refractivity contribution in [2.24, 2.45) is 5.92 Å². The molecule has 214 valence electrons. The number of halogens is 1. The van der Waals surface area contributed by atoms with E-state index in [0.29, 0.717) is 37.1 Å². The third-order valence-corrected chi connectivity index (χ3v) is 8.28. The summed E-state index contributed by atoms with van der Waals surface area (Å²) in [5.74, 6) is -1.17. The molecule has 1 atom stereocenters. The molecule has 3 aliphatic rings. The fraction of sp³-hybridized carbons (Fsp3) is 0.433. The summed E-state index contributed by atoms with van der Waals surface area (Å²) in [6, 6.07) is 8.02. The number of nitrogens with zero attached hydrogens (tertiary/aromatic N) is 4. The molecule has 0 bridgehead atoms. The summed E-state index contributed by atoms with van der Waals surface area (Å²) in [7, 11) is 0. The van der Waals surface area contributed by atoms with E-state index in [2.05, 4.69) is 5.32 Å². The number of imide groups is 1. The second-order valence-corrected chi connectivity index (χ2v) is 11.5. The minimum absolute atomic E-state index is 0.113. The average molecular weight is 562 g/mol. The van der Waals surface area contributed by atoms with E-state index in [-0.39, 0.29) is 53.3 Å². The van der Waals surface area contributed by atoms with Crippen LogP contribution in [0.15, 0.2) is 46.0 Å². The lowest BCUT2D eigenvalue weighted by atomic mass is 9.95. The van der Waals surface area contributed by atoms with Crippen LogP contribution in [0.25, 0.3) is 10.9 Å². The Bertz CT molecular complexity index is 1710. The van der Waals surface area contributed by atoms with E-state index in [1.165, 1.54) is 25.0 Å². The lowest BCUT2D eigenvalue weighted by Gasteiger charge is -2.40. The first-order valence-corrected chi connectivity index (χ1v) is 14.1. The number of likely N-dealkylation sites (tertiary alicyclic amines) is 1. The van der Waals surface area contributed by atoms with Gasteiger partial charge in [-0.15, -0.1) is 0 Å². The molecule has 3 heterocycles. The van der Waals surface area contributed by atoms with Crippen molar-refractivity contribution in [2.75, 3.05) is 18.4 Å². The number of benzene rings is 2. The number of rotatable bonds is 5. The topological polar surface area (TPSA) is 114 Å². The van der Waals surface area contributed by atoms with Gasteiger partial charge in [0.05, 0.1) is 29.1 Å². The van der Waals surface area contributed by atoms with Gasteiger partial charge in [0, 0.05) is 37.3 Å². The number of urea groups is 1. The standard InChI is InChI=1S/C30H32FN5O5/c1-17(2)35-25-14-23(31)24(13-22(25)27(38)34(30(35)41)15-18-9-10-18)32-29(40)33-11-5-7-20(16-33)36-26(37)12-19-6-3-4-8-21(19)28(36)39/h3-4,6,8,13-14,17-18,20H,5,7,9-12,15-16H2,1-2H3,(H,32,40)/t20-/m1/s1. The monoisotopic (exact) mass is 561 g/mol. The van der Waals surface area contributed by atoms with Crippen LogP contribution in [0, 0.1) is 11.7 Å². The molecule has 2 aliphatic heterocycles. The van der Waals surface area contributed by atoms with Gasteiger partial charge in [-0.25, -0.2) is 14.0 Å². The van der Waals surface area contributed by atoms with Gasteiger partial charge >= 0.3 is 11.7 Å². The molecule has 1 saturated carbocycles. The van der Waals surface area contributed by atoms with Gasteiger partial charge in [0.1, 0.15) is 5.82 Å². The van der Waals surface area contributed by atoms with Gasteiger partial charge in [-0.2, -0.15) is 0 Å². The SMILES string of the molecule is CC(C)n1c(=O)n(CC2CC2)c(=O)c2cc(NC(=O)N3CCC[C@@H](N4C(=O)Cc5ccccc5C4=O)C3)c(F)cc21. The van der Waals surface area contributed by atoms with Crippen LogP contribution in [0.3, 0.4) is 0 Å². The number of hydrogen-bond donors (Lipinski definition) is 1. The second-order valence-electron chi connectivity index (χ2n) is 11.5. The summed E-state index contributed by atoms with van der Waals surface area (Å²) in [6.45, 7) is 4.38. The number of amides is 4. The van der Waals surface area contributed by atoms with E-state index < -0.39 is 29.1 Å². The van der Waals surface area contributed by atoms with Crippen molar-refractivity contribution < 1.29 is 18.8 Å². The van der Waals surface area contributed by atoms with E-state index in [0.717, 1.165) is 18.9 Å². The number of fused-ring (bicyclic) bond motifs is 2. The van der Waals surface area contributed by atoms with Crippen LogP contribution < -0.4 is 16.6 Å². The minimum atomic E-state index is -0.773. The maximum Gasteiger partial charge on any atom is 0.331 e. The normalized spacial score (nSPS) is 19.2. The fourth-order valence-electron chi connectivity index (χ4n) is 6.00. The molecule has 0 unspecified atom stereocenters. The maximum absolute atomic E-state index is 15.3. The molecule has 11 heteroatoms. The van der Waals surface area contributed by atoms with Crippen molar-refractivity contribution in [3.63, 3.8) is 0 Å². The summed E-state index contributed by atoms with van der Waals surface area (Å²) in [5, 5.41) is 2.73. The number of anilines is 1. The number of hydrogen-bond acceptors (Lipinski definition) is 5. The number of nitrogens with one attached hydrogen (secondary N) is 1. The molecule has 10 nitrogen and oxygen atoms in total. The molecule has 0 radical (unpaired) electrons. The maximum atomic E-state index is 15.3. The quantitative estimate of drug-likeness (QED) is 0.479. The van der Waals surface area contributed by atoms with Gasteiger partial charge in [0.2, 0.25) is 5.91 Å². The molecule has 0 spiro atoms. The Kier molecular flexibility index (Phi) is 6.75. The highest BCUT2D eigenvalue weighted by Gasteiger charge is 2.38. The fourth-order valence-corrected chi connectivity index (χ4v) is 6.00. The summed E-state index contributed by atoms with van der Waals surface area (Å²) in [4.78, 5) is 68.6. The predicted molar refractivity (Wildman–Crippen MR) is 150 cm³/mol. The first kappa shape index (κ1) is 26.9. The third-order valence-electron chi connectivity index (χ3n) is 8.28. The zero-order valence-corrected chi connectivity index (χ0v) is 23.1. The summed E-state index contributed by atoms with van der Waals surface area (Å²) in [6.07, 6.45) is 3.14. The lowest BCUT2D eigenvalue weighted by Crippen LogP contribution is -2.56. The van der Waals surface area contributed by atoms with Gasteiger partial charge in [-0.3, -0.25) is 28.4 Å². The number of carbonyl (C=O) groups is 3. The van der Waals surface area contributed by atoms with Crippen LogP contribution in [0.4, 0.5) is 14.9 Å². The molecule has 3 aromatic rings. The number of carbonyl (C=O) groups excluding carboxylic acids is 3. The van der Waals surface area contributed by atoms with Crippen molar-refractivity contribution in [1.29, 1.82) is 0 Å². The Hall–Kier alpha value is -4.28. The molecular formula is C30H32FN5O5. The molecule has 41 heavy (non-hydrogen) atoms. The zero-order valence-electron chi connectivity index (χ0n) is 23.1. The molecule has 1 aliphatic carbocycles. The average Bonchev–Trinajstić information content (AvgIpc) is 3.76. The first-order chi connectivity index (χ1) is 19.6. The molecular weight excluding hydrogens is 529 g/mol. The first-order valence-electron chi connectivity index (χ1n) is 14.1. The Morgan fingerprint density at radius 1 is 1.07 bits per heavy atom. The summed E-state index contributed by atoms with van der Waals surface area (Å²) < 4.78 is 18.0. The summed E-state index contributed by atoms with van der Waals surface area (Å²) >= 11 is 0. The Morgan fingerprint density at radius 2 is 1.83 bits per heavy atom. The van der Waals surface area contributed by atoms with E-state index in [1.54, 1.807) is 38.1 Å². The van der Waals surface area contributed by atoms with E-state index in [4.69, 9.17) is 0 Å². The number of piperidine rings is 1. The molecule has 1 N–H and O–H groups in total. The van der Waals surface area contributed by atoms with E-state index in [9.17, 15) is 24.0 Å². The zero-order chi connectivity index (χ0) is 29.0. The molecule has 1 saturated heterocycles. The smallest absolute Gasteiger partial charge is 0.322 e. The van der Waals surface area contributed by atoms with Gasteiger partial charge in [0.15, 0.2) is 0 Å². The predicted octanol–water partition coefficient (Wildman–Crippen LogP) is 3.51. The van der Waals surface area contributed by atoms with E-state index in [1.807, 2.05) is 0 Å². The molecule has 4 amide bonds. The van der Waals surface area contributed by atoms with Crippen LogP contribution in [0.5, 0.6) is 0 Å². The van der Waals surface area contributed by atoms with Gasteiger partial charge in [-0.05, 0) is 63.1 Å². The van der Waals surface area contributed by atoms with Crippen molar-refractivity contribution in [3.05, 3.63) is 74.2 Å². The van der Waals surface area contributed by atoms with Crippen LogP contribution in [-0.4, -0.2) is 55.9 Å². The molecule has 6 rings (SSSR count).